The zero-order valence-electron chi connectivity index (χ0n) is 12.1. The smallest absolute Gasteiger partial charge is 0.279 e. The normalized spacial score (nSPS) is 10.4. The van der Waals surface area contributed by atoms with E-state index in [0.29, 0.717) is 18.1 Å². The van der Waals surface area contributed by atoms with Crippen molar-refractivity contribution in [1.29, 1.82) is 0 Å². The van der Waals surface area contributed by atoms with Gasteiger partial charge in [0.25, 0.3) is 5.91 Å². The highest BCUT2D eigenvalue weighted by Crippen LogP contribution is 2.10. The number of hydrogen-bond donors (Lipinski definition) is 1. The van der Waals surface area contributed by atoms with Crippen molar-refractivity contribution in [3.05, 3.63) is 71.7 Å². The van der Waals surface area contributed by atoms with Gasteiger partial charge in [-0.05, 0) is 24.6 Å². The molecule has 0 unspecified atom stereocenters. The third-order valence-corrected chi connectivity index (χ3v) is 3.28. The maximum Gasteiger partial charge on any atom is 0.279 e. The van der Waals surface area contributed by atoms with Gasteiger partial charge in [-0.1, -0.05) is 41.6 Å². The standard InChI is InChI=1S/C16H15N5O/c1-12-15(16(22)18-14-9-5-6-10-17-14)19-20-21(12)11-13-7-3-2-4-8-13/h2-10H,11H2,1H3,(H,17,18,22). The molecule has 0 aliphatic heterocycles. The predicted molar refractivity (Wildman–Crippen MR) is 82.5 cm³/mol. The Morgan fingerprint density at radius 1 is 1.14 bits per heavy atom. The summed E-state index contributed by atoms with van der Waals surface area (Å²) in [7, 11) is 0. The Kier molecular flexibility index (Phi) is 3.91. The Morgan fingerprint density at radius 3 is 2.64 bits per heavy atom. The molecule has 0 saturated heterocycles. The molecule has 1 amide bonds. The second-order valence-corrected chi connectivity index (χ2v) is 4.84. The van der Waals surface area contributed by atoms with Crippen molar-refractivity contribution in [1.82, 2.24) is 20.0 Å². The van der Waals surface area contributed by atoms with E-state index in [9.17, 15) is 4.79 Å². The molecule has 0 fully saturated rings. The monoisotopic (exact) mass is 293 g/mol. The number of carbonyl (C=O) groups is 1. The molecule has 0 saturated carbocycles. The molecular weight excluding hydrogens is 278 g/mol. The zero-order valence-corrected chi connectivity index (χ0v) is 12.1. The molecule has 2 heterocycles. The van der Waals surface area contributed by atoms with Gasteiger partial charge in [-0.3, -0.25) is 4.79 Å². The van der Waals surface area contributed by atoms with Gasteiger partial charge < -0.3 is 5.32 Å². The lowest BCUT2D eigenvalue weighted by molar-refractivity contribution is 0.102. The van der Waals surface area contributed by atoms with E-state index >= 15 is 0 Å². The summed E-state index contributed by atoms with van der Waals surface area (Å²) < 4.78 is 1.71. The number of aromatic nitrogens is 4. The zero-order chi connectivity index (χ0) is 15.4. The van der Waals surface area contributed by atoms with E-state index < -0.39 is 0 Å². The average molecular weight is 293 g/mol. The van der Waals surface area contributed by atoms with Crippen molar-refractivity contribution in [3.63, 3.8) is 0 Å². The molecule has 3 rings (SSSR count). The summed E-state index contributed by atoms with van der Waals surface area (Å²) >= 11 is 0. The van der Waals surface area contributed by atoms with E-state index in [1.54, 1.807) is 23.0 Å². The Hall–Kier alpha value is -3.02. The first-order valence-corrected chi connectivity index (χ1v) is 6.90. The molecule has 6 nitrogen and oxygen atoms in total. The fraction of sp³-hybridized carbons (Fsp3) is 0.125. The van der Waals surface area contributed by atoms with Crippen LogP contribution in [0.4, 0.5) is 5.82 Å². The molecule has 22 heavy (non-hydrogen) atoms. The van der Waals surface area contributed by atoms with Gasteiger partial charge in [0.2, 0.25) is 0 Å². The molecule has 0 spiro atoms. The molecule has 0 atom stereocenters. The van der Waals surface area contributed by atoms with Crippen LogP contribution in [-0.2, 0) is 6.54 Å². The first-order valence-electron chi connectivity index (χ1n) is 6.90. The fourth-order valence-corrected chi connectivity index (χ4v) is 2.09. The van der Waals surface area contributed by atoms with Crippen molar-refractivity contribution >= 4 is 11.7 Å². The molecule has 1 aromatic carbocycles. The van der Waals surface area contributed by atoms with E-state index in [1.165, 1.54) is 0 Å². The van der Waals surface area contributed by atoms with E-state index in [2.05, 4.69) is 20.6 Å². The second-order valence-electron chi connectivity index (χ2n) is 4.84. The Labute approximate surface area is 127 Å². The third-order valence-electron chi connectivity index (χ3n) is 3.28. The van der Waals surface area contributed by atoms with E-state index in [-0.39, 0.29) is 5.91 Å². The van der Waals surface area contributed by atoms with Crippen LogP contribution in [0.2, 0.25) is 0 Å². The molecule has 1 N–H and O–H groups in total. The van der Waals surface area contributed by atoms with Gasteiger partial charge >= 0.3 is 0 Å². The fourth-order valence-electron chi connectivity index (χ4n) is 2.09. The molecule has 0 bridgehead atoms. The summed E-state index contributed by atoms with van der Waals surface area (Å²) in [5.74, 6) is 0.181. The minimum atomic E-state index is -0.310. The minimum Gasteiger partial charge on any atom is -0.305 e. The van der Waals surface area contributed by atoms with Gasteiger partial charge in [0.05, 0.1) is 12.2 Å². The van der Waals surface area contributed by atoms with Crippen LogP contribution < -0.4 is 5.32 Å². The van der Waals surface area contributed by atoms with E-state index in [4.69, 9.17) is 0 Å². The number of nitrogens with one attached hydrogen (secondary N) is 1. The maximum absolute atomic E-state index is 12.2. The number of carbonyl (C=O) groups excluding carboxylic acids is 1. The molecule has 0 aliphatic carbocycles. The molecule has 0 aliphatic rings. The van der Waals surface area contributed by atoms with Gasteiger partial charge in [-0.2, -0.15) is 0 Å². The molecule has 3 aromatic rings. The van der Waals surface area contributed by atoms with Crippen LogP contribution >= 0.6 is 0 Å². The molecule has 6 heteroatoms. The average Bonchev–Trinajstić information content (AvgIpc) is 2.90. The van der Waals surface area contributed by atoms with Crippen LogP contribution in [0.5, 0.6) is 0 Å². The summed E-state index contributed by atoms with van der Waals surface area (Å²) in [5.41, 5.74) is 2.13. The summed E-state index contributed by atoms with van der Waals surface area (Å²) in [4.78, 5) is 16.3. The van der Waals surface area contributed by atoms with Gasteiger partial charge in [0.15, 0.2) is 5.69 Å². The SMILES string of the molecule is Cc1c(C(=O)Nc2ccccn2)nnn1Cc1ccccc1. The van der Waals surface area contributed by atoms with Gasteiger partial charge in [-0.25, -0.2) is 9.67 Å². The summed E-state index contributed by atoms with van der Waals surface area (Å²) in [6.45, 7) is 2.41. The van der Waals surface area contributed by atoms with Crippen molar-refractivity contribution in [2.75, 3.05) is 5.32 Å². The predicted octanol–water partition coefficient (Wildman–Crippen LogP) is 2.28. The van der Waals surface area contributed by atoms with Crippen LogP contribution in [0.25, 0.3) is 0 Å². The van der Waals surface area contributed by atoms with Crippen molar-refractivity contribution < 1.29 is 4.79 Å². The first kappa shape index (κ1) is 13.9. The quantitative estimate of drug-likeness (QED) is 0.801. The lowest BCUT2D eigenvalue weighted by Gasteiger charge is -2.04. The number of anilines is 1. The van der Waals surface area contributed by atoms with E-state index in [1.807, 2.05) is 43.3 Å². The van der Waals surface area contributed by atoms with Crippen LogP contribution in [0.3, 0.4) is 0 Å². The van der Waals surface area contributed by atoms with E-state index in [0.717, 1.165) is 11.3 Å². The highest BCUT2D eigenvalue weighted by atomic mass is 16.2. The lowest BCUT2D eigenvalue weighted by atomic mass is 10.2. The molecule has 110 valence electrons. The second kappa shape index (κ2) is 6.17. The van der Waals surface area contributed by atoms with Gasteiger partial charge in [0.1, 0.15) is 5.82 Å². The number of amides is 1. The summed E-state index contributed by atoms with van der Waals surface area (Å²) in [6.07, 6.45) is 1.62. The first-order chi connectivity index (χ1) is 10.7. The number of pyridine rings is 1. The molecule has 0 radical (unpaired) electrons. The Morgan fingerprint density at radius 2 is 1.91 bits per heavy atom. The van der Waals surface area contributed by atoms with Crippen LogP contribution in [0.1, 0.15) is 21.7 Å². The van der Waals surface area contributed by atoms with Gasteiger partial charge in [0, 0.05) is 6.20 Å². The minimum absolute atomic E-state index is 0.307. The number of benzene rings is 1. The van der Waals surface area contributed by atoms with Gasteiger partial charge in [-0.15, -0.1) is 5.10 Å². The van der Waals surface area contributed by atoms with Crippen LogP contribution in [-0.4, -0.2) is 25.9 Å². The summed E-state index contributed by atoms with van der Waals surface area (Å²) in [5, 5.41) is 10.8. The topological polar surface area (TPSA) is 72.7 Å². The highest BCUT2D eigenvalue weighted by Gasteiger charge is 2.17. The Balaban J connectivity index is 1.77. The molecule has 2 aromatic heterocycles. The van der Waals surface area contributed by atoms with Crippen molar-refractivity contribution in [2.24, 2.45) is 0 Å². The molecular formula is C16H15N5O. The van der Waals surface area contributed by atoms with Crippen molar-refractivity contribution in [3.8, 4) is 0 Å². The lowest BCUT2D eigenvalue weighted by Crippen LogP contribution is -2.15. The van der Waals surface area contributed by atoms with Crippen LogP contribution in [0, 0.1) is 6.92 Å². The maximum atomic E-state index is 12.2. The number of nitrogens with zero attached hydrogens (tertiary/aromatic N) is 4. The van der Waals surface area contributed by atoms with Crippen LogP contribution in [0.15, 0.2) is 54.7 Å². The third kappa shape index (κ3) is 3.01. The highest BCUT2D eigenvalue weighted by molar-refractivity contribution is 6.02. The Bertz CT molecular complexity index is 768. The number of rotatable bonds is 4. The summed E-state index contributed by atoms with van der Waals surface area (Å²) in [6, 6.07) is 15.2. The number of hydrogen-bond acceptors (Lipinski definition) is 4. The van der Waals surface area contributed by atoms with Crippen molar-refractivity contribution in [2.45, 2.75) is 13.5 Å². The largest absolute Gasteiger partial charge is 0.305 e.